The van der Waals surface area contributed by atoms with Gasteiger partial charge in [-0.1, -0.05) is 49.4 Å². The van der Waals surface area contributed by atoms with Crippen molar-refractivity contribution in [2.45, 2.75) is 32.8 Å². The highest BCUT2D eigenvalue weighted by atomic mass is 16.5. The van der Waals surface area contributed by atoms with Crippen molar-refractivity contribution in [1.82, 2.24) is 5.32 Å². The molecule has 126 valence electrons. The molecule has 0 saturated carbocycles. The van der Waals surface area contributed by atoms with Crippen LogP contribution in [0.5, 0.6) is 5.75 Å². The molecule has 2 rings (SSSR count). The average Bonchev–Trinajstić information content (AvgIpc) is 2.60. The molecule has 0 spiro atoms. The van der Waals surface area contributed by atoms with E-state index in [0.29, 0.717) is 17.9 Å². The van der Waals surface area contributed by atoms with Crippen molar-refractivity contribution < 1.29 is 14.3 Å². The average molecular weight is 325 g/mol. The summed E-state index contributed by atoms with van der Waals surface area (Å²) in [6, 6.07) is 16.9. The molecule has 1 amide bonds. The van der Waals surface area contributed by atoms with E-state index in [2.05, 4.69) is 12.2 Å². The molecule has 0 fully saturated rings. The molecule has 0 bridgehead atoms. The highest BCUT2D eigenvalue weighted by Crippen LogP contribution is 2.16. The van der Waals surface area contributed by atoms with Gasteiger partial charge in [-0.3, -0.25) is 9.59 Å². The second-order valence-electron chi connectivity index (χ2n) is 5.90. The van der Waals surface area contributed by atoms with Crippen molar-refractivity contribution >= 4 is 11.7 Å². The normalized spacial score (nSPS) is 13.0. The zero-order valence-corrected chi connectivity index (χ0v) is 14.3. The standard InChI is InChI=1S/C20H23NO3/c1-14(17-8-5-4-6-9-17)13-21-20(23)16(3)24-19-11-7-10-18(12-19)15(2)22/h4-12,14,16H,13H2,1-3H3,(H,21,23)/t14-,16-/m0/s1. The first kappa shape index (κ1) is 17.7. The fraction of sp³-hybridized carbons (Fsp3) is 0.300. The quantitative estimate of drug-likeness (QED) is 0.792. The van der Waals surface area contributed by atoms with Crippen molar-refractivity contribution in [3.63, 3.8) is 0 Å². The van der Waals surface area contributed by atoms with E-state index in [1.165, 1.54) is 12.5 Å². The monoisotopic (exact) mass is 325 g/mol. The van der Waals surface area contributed by atoms with E-state index in [9.17, 15) is 9.59 Å². The molecule has 0 aliphatic rings. The van der Waals surface area contributed by atoms with Gasteiger partial charge in [0, 0.05) is 12.1 Å². The molecule has 24 heavy (non-hydrogen) atoms. The Morgan fingerprint density at radius 1 is 1.04 bits per heavy atom. The van der Waals surface area contributed by atoms with E-state index in [4.69, 9.17) is 4.74 Å². The third-order valence-electron chi connectivity index (χ3n) is 3.87. The summed E-state index contributed by atoms with van der Waals surface area (Å²) in [6.07, 6.45) is -0.629. The SMILES string of the molecule is CC(=O)c1cccc(O[C@@H](C)C(=O)NC[C@H](C)c2ccccc2)c1. The molecular weight excluding hydrogens is 302 g/mol. The maximum Gasteiger partial charge on any atom is 0.260 e. The Morgan fingerprint density at radius 3 is 2.42 bits per heavy atom. The van der Waals surface area contributed by atoms with E-state index >= 15 is 0 Å². The van der Waals surface area contributed by atoms with Gasteiger partial charge in [0.05, 0.1) is 0 Å². The first-order valence-electron chi connectivity index (χ1n) is 8.07. The molecule has 4 heteroatoms. The Kier molecular flexibility index (Phi) is 6.13. The lowest BCUT2D eigenvalue weighted by Crippen LogP contribution is -2.38. The molecule has 2 atom stereocenters. The lowest BCUT2D eigenvalue weighted by Gasteiger charge is -2.17. The van der Waals surface area contributed by atoms with Crippen LogP contribution in [-0.2, 0) is 4.79 Å². The topological polar surface area (TPSA) is 55.4 Å². The minimum absolute atomic E-state index is 0.0331. The summed E-state index contributed by atoms with van der Waals surface area (Å²) in [5.74, 6) is 0.532. The maximum absolute atomic E-state index is 12.2. The van der Waals surface area contributed by atoms with Crippen LogP contribution in [0, 0.1) is 0 Å². The summed E-state index contributed by atoms with van der Waals surface area (Å²) in [4.78, 5) is 23.6. The highest BCUT2D eigenvalue weighted by Gasteiger charge is 2.16. The Labute approximate surface area is 142 Å². The summed E-state index contributed by atoms with van der Waals surface area (Å²) in [5.41, 5.74) is 1.75. The fourth-order valence-corrected chi connectivity index (χ4v) is 2.34. The van der Waals surface area contributed by atoms with Gasteiger partial charge in [-0.15, -0.1) is 0 Å². The summed E-state index contributed by atoms with van der Waals surface area (Å²) >= 11 is 0. The lowest BCUT2D eigenvalue weighted by atomic mass is 10.0. The Morgan fingerprint density at radius 2 is 1.75 bits per heavy atom. The molecule has 0 radical (unpaired) electrons. The number of Topliss-reactive ketones (excluding diaryl/α,β-unsaturated/α-hetero) is 1. The third-order valence-corrected chi connectivity index (χ3v) is 3.87. The maximum atomic E-state index is 12.2. The molecule has 4 nitrogen and oxygen atoms in total. The number of benzene rings is 2. The van der Waals surface area contributed by atoms with Crippen LogP contribution in [0.2, 0.25) is 0 Å². The molecule has 0 heterocycles. The van der Waals surface area contributed by atoms with Gasteiger partial charge < -0.3 is 10.1 Å². The zero-order valence-electron chi connectivity index (χ0n) is 14.3. The predicted octanol–water partition coefficient (Wildman–Crippen LogP) is 3.58. The van der Waals surface area contributed by atoms with Gasteiger partial charge in [-0.05, 0) is 37.5 Å². The van der Waals surface area contributed by atoms with Crippen molar-refractivity contribution in [3.8, 4) is 5.75 Å². The largest absolute Gasteiger partial charge is 0.481 e. The third kappa shape index (κ3) is 4.95. The van der Waals surface area contributed by atoms with E-state index < -0.39 is 6.10 Å². The van der Waals surface area contributed by atoms with Crippen molar-refractivity contribution in [1.29, 1.82) is 0 Å². The minimum Gasteiger partial charge on any atom is -0.481 e. The van der Waals surface area contributed by atoms with E-state index in [1.54, 1.807) is 31.2 Å². The fourth-order valence-electron chi connectivity index (χ4n) is 2.34. The van der Waals surface area contributed by atoms with Crippen LogP contribution < -0.4 is 10.1 Å². The van der Waals surface area contributed by atoms with Crippen LogP contribution in [0.15, 0.2) is 54.6 Å². The molecule has 0 aliphatic heterocycles. The summed E-state index contributed by atoms with van der Waals surface area (Å²) in [6.45, 7) is 5.81. The first-order chi connectivity index (χ1) is 11.5. The summed E-state index contributed by atoms with van der Waals surface area (Å²) in [7, 11) is 0. The number of carbonyl (C=O) groups excluding carboxylic acids is 2. The Hall–Kier alpha value is -2.62. The number of hydrogen-bond donors (Lipinski definition) is 1. The van der Waals surface area contributed by atoms with Crippen molar-refractivity contribution in [3.05, 3.63) is 65.7 Å². The van der Waals surface area contributed by atoms with Crippen LogP contribution in [0.3, 0.4) is 0 Å². The second kappa shape index (κ2) is 8.29. The van der Waals surface area contributed by atoms with Crippen LogP contribution in [0.4, 0.5) is 0 Å². The first-order valence-corrected chi connectivity index (χ1v) is 8.07. The van der Waals surface area contributed by atoms with Gasteiger partial charge in [0.25, 0.3) is 5.91 Å². The predicted molar refractivity (Wildman–Crippen MR) is 94.4 cm³/mol. The Balaban J connectivity index is 1.88. The van der Waals surface area contributed by atoms with Crippen molar-refractivity contribution in [2.24, 2.45) is 0 Å². The highest BCUT2D eigenvalue weighted by molar-refractivity contribution is 5.94. The number of hydrogen-bond acceptors (Lipinski definition) is 3. The van der Waals surface area contributed by atoms with Gasteiger partial charge in [-0.2, -0.15) is 0 Å². The molecule has 2 aromatic rings. The van der Waals surface area contributed by atoms with Gasteiger partial charge in [-0.25, -0.2) is 0 Å². The van der Waals surface area contributed by atoms with Crippen molar-refractivity contribution in [2.75, 3.05) is 6.54 Å². The Bertz CT molecular complexity index is 697. The lowest BCUT2D eigenvalue weighted by molar-refractivity contribution is -0.127. The van der Waals surface area contributed by atoms with E-state index in [1.807, 2.05) is 30.3 Å². The molecule has 1 N–H and O–H groups in total. The number of nitrogens with one attached hydrogen (secondary N) is 1. The number of rotatable bonds is 7. The van der Waals surface area contributed by atoms with E-state index in [0.717, 1.165) is 0 Å². The molecule has 0 aliphatic carbocycles. The zero-order chi connectivity index (χ0) is 17.5. The van der Waals surface area contributed by atoms with E-state index in [-0.39, 0.29) is 17.6 Å². The van der Waals surface area contributed by atoms with Crippen LogP contribution in [0.1, 0.15) is 42.6 Å². The smallest absolute Gasteiger partial charge is 0.260 e. The minimum atomic E-state index is -0.629. The van der Waals surface area contributed by atoms with Gasteiger partial charge in [0.15, 0.2) is 11.9 Å². The molecule has 0 aromatic heterocycles. The van der Waals surface area contributed by atoms with Crippen LogP contribution in [0.25, 0.3) is 0 Å². The van der Waals surface area contributed by atoms with Crippen LogP contribution >= 0.6 is 0 Å². The summed E-state index contributed by atoms with van der Waals surface area (Å²) in [5, 5.41) is 2.91. The number of ether oxygens (including phenoxy) is 1. The number of amides is 1. The number of carbonyl (C=O) groups is 2. The van der Waals surface area contributed by atoms with Gasteiger partial charge in [0.2, 0.25) is 0 Å². The molecular formula is C20H23NO3. The molecule has 0 saturated heterocycles. The van der Waals surface area contributed by atoms with Crippen LogP contribution in [-0.4, -0.2) is 24.3 Å². The molecule has 2 aromatic carbocycles. The molecule has 0 unspecified atom stereocenters. The number of ketones is 1. The summed E-state index contributed by atoms with van der Waals surface area (Å²) < 4.78 is 5.64. The van der Waals surface area contributed by atoms with Gasteiger partial charge in [0.1, 0.15) is 5.75 Å². The van der Waals surface area contributed by atoms with Gasteiger partial charge >= 0.3 is 0 Å². The second-order valence-corrected chi connectivity index (χ2v) is 5.90.